The van der Waals surface area contributed by atoms with Crippen LogP contribution in [-0.4, -0.2) is 18.9 Å². The highest BCUT2D eigenvalue weighted by atomic mass is 35.5. The summed E-state index contributed by atoms with van der Waals surface area (Å²) in [6.07, 6.45) is 0. The second kappa shape index (κ2) is 8.28. The number of hydrogen-bond donors (Lipinski definition) is 1. The van der Waals surface area contributed by atoms with E-state index >= 15 is 0 Å². The quantitative estimate of drug-likeness (QED) is 0.551. The molecular weight excluding hydrogens is 412 g/mol. The molecule has 1 heterocycles. The van der Waals surface area contributed by atoms with Gasteiger partial charge < -0.3 is 10.1 Å². The zero-order valence-corrected chi connectivity index (χ0v) is 18.2. The number of aryl methyl sites for hydroxylation is 2. The molecule has 1 aliphatic rings. The number of carbonyl (C=O) groups excluding carboxylic acids is 2. The Hall–Kier alpha value is -3.57. The van der Waals surface area contributed by atoms with E-state index in [0.717, 1.165) is 11.1 Å². The van der Waals surface area contributed by atoms with Crippen LogP contribution in [0, 0.1) is 13.8 Å². The van der Waals surface area contributed by atoms with Crippen LogP contribution in [0.4, 0.5) is 11.4 Å². The highest BCUT2D eigenvalue weighted by molar-refractivity contribution is 6.46. The van der Waals surface area contributed by atoms with Gasteiger partial charge in [0.05, 0.1) is 18.4 Å². The number of hydrogen-bond acceptors (Lipinski definition) is 4. The summed E-state index contributed by atoms with van der Waals surface area (Å²) < 4.78 is 5.23. The molecular formula is C25H21ClN2O3. The predicted molar refractivity (Wildman–Crippen MR) is 123 cm³/mol. The molecule has 0 saturated carbocycles. The van der Waals surface area contributed by atoms with Gasteiger partial charge in [0.1, 0.15) is 11.4 Å². The van der Waals surface area contributed by atoms with Gasteiger partial charge in [-0.15, -0.1) is 0 Å². The second-order valence-electron chi connectivity index (χ2n) is 7.29. The van der Waals surface area contributed by atoms with Crippen LogP contribution in [0.1, 0.15) is 16.7 Å². The molecule has 0 saturated heterocycles. The monoisotopic (exact) mass is 432 g/mol. The van der Waals surface area contributed by atoms with E-state index in [1.807, 2.05) is 38.1 Å². The standard InChI is InChI=1S/C25H21ClN2O3/c1-15-8-11-18(26)14-20(15)27-23-22(17-9-12-19(31-3)13-10-17)24(29)28(25(23)30)21-7-5-4-6-16(21)2/h4-14,27H,1-3H3. The lowest BCUT2D eigenvalue weighted by Crippen LogP contribution is -2.33. The molecule has 0 bridgehead atoms. The number of halogens is 1. The fourth-order valence-electron chi connectivity index (χ4n) is 3.57. The van der Waals surface area contributed by atoms with E-state index in [-0.39, 0.29) is 11.6 Å². The minimum Gasteiger partial charge on any atom is -0.497 e. The van der Waals surface area contributed by atoms with Gasteiger partial charge in [-0.3, -0.25) is 9.59 Å². The molecule has 0 radical (unpaired) electrons. The number of amides is 2. The fraction of sp³-hybridized carbons (Fsp3) is 0.120. The molecule has 3 aromatic carbocycles. The largest absolute Gasteiger partial charge is 0.497 e. The van der Waals surface area contributed by atoms with Gasteiger partial charge in [-0.2, -0.15) is 0 Å². The van der Waals surface area contributed by atoms with Gasteiger partial charge in [0.25, 0.3) is 11.8 Å². The SMILES string of the molecule is COc1ccc(C2=C(Nc3cc(Cl)ccc3C)C(=O)N(c3ccccc3C)C2=O)cc1. The highest BCUT2D eigenvalue weighted by Crippen LogP contribution is 2.36. The lowest BCUT2D eigenvalue weighted by atomic mass is 10.0. The molecule has 0 unspecified atom stereocenters. The number of anilines is 2. The third kappa shape index (κ3) is 3.80. The van der Waals surface area contributed by atoms with Gasteiger partial charge in [-0.1, -0.05) is 48.0 Å². The van der Waals surface area contributed by atoms with Crippen molar-refractivity contribution >= 4 is 40.4 Å². The molecule has 4 rings (SSSR count). The van der Waals surface area contributed by atoms with E-state index < -0.39 is 5.91 Å². The average Bonchev–Trinajstić information content (AvgIpc) is 3.01. The van der Waals surface area contributed by atoms with Gasteiger partial charge in [0, 0.05) is 10.7 Å². The van der Waals surface area contributed by atoms with Crippen molar-refractivity contribution in [2.24, 2.45) is 0 Å². The highest BCUT2D eigenvalue weighted by Gasteiger charge is 2.40. The van der Waals surface area contributed by atoms with Crippen molar-refractivity contribution in [2.75, 3.05) is 17.3 Å². The van der Waals surface area contributed by atoms with Crippen LogP contribution in [0.2, 0.25) is 5.02 Å². The molecule has 0 spiro atoms. The van der Waals surface area contributed by atoms with E-state index in [1.54, 1.807) is 49.6 Å². The van der Waals surface area contributed by atoms with Crippen LogP contribution < -0.4 is 15.0 Å². The number of methoxy groups -OCH3 is 1. The molecule has 0 atom stereocenters. The maximum Gasteiger partial charge on any atom is 0.282 e. The third-order valence-electron chi connectivity index (χ3n) is 5.28. The molecule has 5 nitrogen and oxygen atoms in total. The molecule has 1 N–H and O–H groups in total. The van der Waals surface area contributed by atoms with Crippen molar-refractivity contribution in [3.63, 3.8) is 0 Å². The van der Waals surface area contributed by atoms with E-state index in [9.17, 15) is 9.59 Å². The Morgan fingerprint density at radius 2 is 1.58 bits per heavy atom. The summed E-state index contributed by atoms with van der Waals surface area (Å²) >= 11 is 6.17. The summed E-state index contributed by atoms with van der Waals surface area (Å²) in [6, 6.07) is 19.8. The number of benzene rings is 3. The predicted octanol–water partition coefficient (Wildman–Crippen LogP) is 5.36. The molecule has 0 aromatic heterocycles. The van der Waals surface area contributed by atoms with Crippen LogP contribution in [0.15, 0.2) is 72.4 Å². The zero-order chi connectivity index (χ0) is 22.1. The number of para-hydroxylation sites is 1. The van der Waals surface area contributed by atoms with Crippen molar-refractivity contribution in [1.29, 1.82) is 0 Å². The van der Waals surface area contributed by atoms with Crippen molar-refractivity contribution < 1.29 is 14.3 Å². The smallest absolute Gasteiger partial charge is 0.282 e. The Balaban J connectivity index is 1.86. The normalized spacial score (nSPS) is 13.7. The topological polar surface area (TPSA) is 58.6 Å². The van der Waals surface area contributed by atoms with Crippen LogP contribution in [0.5, 0.6) is 5.75 Å². The van der Waals surface area contributed by atoms with Crippen molar-refractivity contribution in [2.45, 2.75) is 13.8 Å². The lowest BCUT2D eigenvalue weighted by molar-refractivity contribution is -0.120. The van der Waals surface area contributed by atoms with Crippen molar-refractivity contribution in [1.82, 2.24) is 0 Å². The molecule has 0 aliphatic carbocycles. The minimum atomic E-state index is -0.413. The molecule has 3 aromatic rings. The third-order valence-corrected chi connectivity index (χ3v) is 5.51. The van der Waals surface area contributed by atoms with Crippen LogP contribution in [0.25, 0.3) is 5.57 Å². The molecule has 1 aliphatic heterocycles. The number of carbonyl (C=O) groups is 2. The average molecular weight is 433 g/mol. The summed E-state index contributed by atoms with van der Waals surface area (Å²) in [5.74, 6) is -0.131. The van der Waals surface area contributed by atoms with E-state index in [4.69, 9.17) is 16.3 Å². The molecule has 0 fully saturated rings. The Morgan fingerprint density at radius 3 is 2.26 bits per heavy atom. The first kappa shape index (κ1) is 20.7. The van der Waals surface area contributed by atoms with Gasteiger partial charge in [-0.05, 0) is 60.9 Å². The molecule has 6 heteroatoms. The number of ether oxygens (including phenoxy) is 1. The van der Waals surface area contributed by atoms with Gasteiger partial charge in [0.15, 0.2) is 0 Å². The summed E-state index contributed by atoms with van der Waals surface area (Å²) in [5, 5.41) is 3.71. The summed E-state index contributed by atoms with van der Waals surface area (Å²) in [7, 11) is 1.58. The maximum atomic E-state index is 13.5. The summed E-state index contributed by atoms with van der Waals surface area (Å²) in [6.45, 7) is 3.78. The van der Waals surface area contributed by atoms with Gasteiger partial charge in [-0.25, -0.2) is 4.90 Å². The molecule has 2 amide bonds. The van der Waals surface area contributed by atoms with Crippen LogP contribution >= 0.6 is 11.6 Å². The van der Waals surface area contributed by atoms with E-state index in [2.05, 4.69) is 5.32 Å². The number of rotatable bonds is 5. The molecule has 31 heavy (non-hydrogen) atoms. The van der Waals surface area contributed by atoms with Crippen LogP contribution in [0.3, 0.4) is 0 Å². The van der Waals surface area contributed by atoms with E-state index in [1.165, 1.54) is 4.90 Å². The zero-order valence-electron chi connectivity index (χ0n) is 17.4. The Kier molecular flexibility index (Phi) is 5.53. The summed E-state index contributed by atoms with van der Waals surface area (Å²) in [4.78, 5) is 28.2. The lowest BCUT2D eigenvalue weighted by Gasteiger charge is -2.18. The maximum absolute atomic E-state index is 13.5. The Bertz CT molecular complexity index is 1220. The van der Waals surface area contributed by atoms with Gasteiger partial charge >= 0.3 is 0 Å². The Labute approximate surface area is 185 Å². The van der Waals surface area contributed by atoms with Crippen LogP contribution in [-0.2, 0) is 9.59 Å². The van der Waals surface area contributed by atoms with Gasteiger partial charge in [0.2, 0.25) is 0 Å². The minimum absolute atomic E-state index is 0.212. The van der Waals surface area contributed by atoms with E-state index in [0.29, 0.717) is 33.3 Å². The number of nitrogens with zero attached hydrogens (tertiary/aromatic N) is 1. The number of imide groups is 1. The molecule has 156 valence electrons. The van der Waals surface area contributed by atoms with Crippen molar-refractivity contribution in [3.05, 3.63) is 94.1 Å². The first-order valence-electron chi connectivity index (χ1n) is 9.77. The fourth-order valence-corrected chi connectivity index (χ4v) is 3.74. The first-order chi connectivity index (χ1) is 14.9. The number of nitrogens with one attached hydrogen (secondary N) is 1. The Morgan fingerprint density at radius 1 is 0.871 bits per heavy atom. The first-order valence-corrected chi connectivity index (χ1v) is 10.1. The van der Waals surface area contributed by atoms with Crippen molar-refractivity contribution in [3.8, 4) is 5.75 Å². The second-order valence-corrected chi connectivity index (χ2v) is 7.73. The summed E-state index contributed by atoms with van der Waals surface area (Å²) in [5.41, 5.74) is 4.10.